The van der Waals surface area contributed by atoms with Gasteiger partial charge in [0.25, 0.3) is 11.9 Å². The van der Waals surface area contributed by atoms with E-state index in [9.17, 15) is 4.79 Å². The number of nitrogens with one attached hydrogen (secondary N) is 1. The maximum absolute atomic E-state index is 13.2. The number of carbonyl (C=O) groups excluding carboxylic acids is 1. The highest BCUT2D eigenvalue weighted by Gasteiger charge is 2.36. The highest BCUT2D eigenvalue weighted by Crippen LogP contribution is 2.33. The molecule has 2 aromatic rings. The largest absolute Gasteiger partial charge is 0.423 e. The summed E-state index contributed by atoms with van der Waals surface area (Å²) in [7, 11) is 2.24. The fraction of sp³-hybridized carbons (Fsp3) is 0.667. The average Bonchev–Trinajstić information content (AvgIpc) is 3.19. The summed E-state index contributed by atoms with van der Waals surface area (Å²) >= 11 is 0. The first-order chi connectivity index (χ1) is 15.1. The Morgan fingerprint density at radius 2 is 2.06 bits per heavy atom. The molecule has 0 saturated carbocycles. The zero-order chi connectivity index (χ0) is 21.4. The van der Waals surface area contributed by atoms with E-state index in [1.807, 2.05) is 18.2 Å². The Labute approximate surface area is 184 Å². The summed E-state index contributed by atoms with van der Waals surface area (Å²) < 4.78 is 11.8. The number of benzene rings is 1. The third-order valence-electron chi connectivity index (χ3n) is 7.42. The van der Waals surface area contributed by atoms with Gasteiger partial charge in [0, 0.05) is 24.7 Å². The van der Waals surface area contributed by atoms with Crippen molar-refractivity contribution in [1.82, 2.24) is 15.2 Å². The number of amides is 1. The second kappa shape index (κ2) is 8.79. The summed E-state index contributed by atoms with van der Waals surface area (Å²) in [4.78, 5) is 22.7. The van der Waals surface area contributed by atoms with Gasteiger partial charge in [0.2, 0.25) is 0 Å². The van der Waals surface area contributed by atoms with E-state index in [0.717, 1.165) is 32.2 Å². The third kappa shape index (κ3) is 4.05. The molecule has 7 heteroatoms. The number of fused-ring (bicyclic) bond motifs is 3. The van der Waals surface area contributed by atoms with Crippen molar-refractivity contribution in [2.45, 2.75) is 76.0 Å². The second-order valence-electron chi connectivity index (χ2n) is 9.41. The molecule has 3 aliphatic heterocycles. The van der Waals surface area contributed by atoms with Crippen molar-refractivity contribution in [2.24, 2.45) is 0 Å². The highest BCUT2D eigenvalue weighted by atomic mass is 16.5. The van der Waals surface area contributed by atoms with Crippen molar-refractivity contribution in [3.63, 3.8) is 0 Å². The molecular formula is C24H34N4O3. The zero-order valence-electron chi connectivity index (χ0n) is 18.7. The molecule has 0 aliphatic carbocycles. The van der Waals surface area contributed by atoms with Crippen LogP contribution in [0.2, 0.25) is 0 Å². The number of rotatable bonds is 5. The van der Waals surface area contributed by atoms with E-state index >= 15 is 0 Å². The van der Waals surface area contributed by atoms with E-state index in [0.29, 0.717) is 48.0 Å². The fourth-order valence-electron chi connectivity index (χ4n) is 5.72. The molecule has 3 saturated heterocycles. The van der Waals surface area contributed by atoms with Crippen molar-refractivity contribution in [3.8, 4) is 0 Å². The van der Waals surface area contributed by atoms with Crippen LogP contribution in [0, 0.1) is 0 Å². The summed E-state index contributed by atoms with van der Waals surface area (Å²) in [5.74, 6) is -0.0369. The normalized spacial score (nSPS) is 29.3. The van der Waals surface area contributed by atoms with Crippen molar-refractivity contribution >= 4 is 23.0 Å². The van der Waals surface area contributed by atoms with Crippen LogP contribution in [0.25, 0.3) is 11.1 Å². The molecule has 168 valence electrons. The number of piperidine rings is 2. The predicted octanol–water partition coefficient (Wildman–Crippen LogP) is 3.58. The number of ether oxygens (including phenoxy) is 1. The van der Waals surface area contributed by atoms with Gasteiger partial charge in [-0.25, -0.2) is 0 Å². The number of aromatic nitrogens is 1. The van der Waals surface area contributed by atoms with Gasteiger partial charge in [0.05, 0.1) is 24.8 Å². The van der Waals surface area contributed by atoms with Crippen LogP contribution in [0.4, 0.5) is 6.01 Å². The first-order valence-corrected chi connectivity index (χ1v) is 11.9. The van der Waals surface area contributed by atoms with E-state index in [1.165, 1.54) is 19.3 Å². The van der Waals surface area contributed by atoms with E-state index in [4.69, 9.17) is 14.1 Å². The van der Waals surface area contributed by atoms with Gasteiger partial charge in [-0.15, -0.1) is 0 Å². The summed E-state index contributed by atoms with van der Waals surface area (Å²) in [6.07, 6.45) is 7.96. The molecule has 4 atom stereocenters. The van der Waals surface area contributed by atoms with Gasteiger partial charge in [-0.1, -0.05) is 25.8 Å². The molecule has 31 heavy (non-hydrogen) atoms. The first-order valence-electron chi connectivity index (χ1n) is 11.9. The molecule has 1 amide bonds. The lowest BCUT2D eigenvalue weighted by Gasteiger charge is -2.47. The molecule has 3 aliphatic rings. The number of nitrogens with zero attached hydrogens (tertiary/aromatic N) is 3. The minimum atomic E-state index is -0.0369. The van der Waals surface area contributed by atoms with Gasteiger partial charge >= 0.3 is 0 Å². The maximum atomic E-state index is 13.2. The molecule has 2 bridgehead atoms. The molecule has 1 aromatic carbocycles. The van der Waals surface area contributed by atoms with E-state index in [-0.39, 0.29) is 18.0 Å². The minimum Gasteiger partial charge on any atom is -0.423 e. The minimum absolute atomic E-state index is 0.0369. The summed E-state index contributed by atoms with van der Waals surface area (Å²) in [5, 5.41) is 3.31. The van der Waals surface area contributed by atoms with Crippen LogP contribution < -0.4 is 10.2 Å². The number of anilines is 1. The average molecular weight is 427 g/mol. The Balaban J connectivity index is 1.36. The Morgan fingerprint density at radius 3 is 2.84 bits per heavy atom. The molecule has 4 heterocycles. The Bertz CT molecular complexity index is 913. The van der Waals surface area contributed by atoms with Gasteiger partial charge in [-0.05, 0) is 51.3 Å². The van der Waals surface area contributed by atoms with Crippen molar-refractivity contribution in [1.29, 1.82) is 0 Å². The number of carbonyl (C=O) groups is 1. The predicted molar refractivity (Wildman–Crippen MR) is 121 cm³/mol. The van der Waals surface area contributed by atoms with E-state index in [1.54, 1.807) is 0 Å². The molecule has 3 fully saturated rings. The Kier molecular flexibility index (Phi) is 5.89. The lowest BCUT2D eigenvalue weighted by atomic mass is 9.82. The topological polar surface area (TPSA) is 70.8 Å². The van der Waals surface area contributed by atoms with Gasteiger partial charge in [0.1, 0.15) is 5.52 Å². The zero-order valence-corrected chi connectivity index (χ0v) is 18.7. The Morgan fingerprint density at radius 1 is 1.26 bits per heavy atom. The summed E-state index contributed by atoms with van der Waals surface area (Å²) in [6, 6.07) is 7.93. The van der Waals surface area contributed by atoms with Crippen molar-refractivity contribution < 1.29 is 13.9 Å². The lowest BCUT2D eigenvalue weighted by molar-refractivity contribution is 0.0463. The molecule has 0 spiro atoms. The van der Waals surface area contributed by atoms with Crippen molar-refractivity contribution in [2.75, 3.05) is 31.7 Å². The first kappa shape index (κ1) is 20.8. The number of hydrogen-bond donors (Lipinski definition) is 1. The second-order valence-corrected chi connectivity index (χ2v) is 9.41. The number of morpholine rings is 1. The molecule has 1 N–H and O–H groups in total. The van der Waals surface area contributed by atoms with E-state index < -0.39 is 0 Å². The van der Waals surface area contributed by atoms with Crippen molar-refractivity contribution in [3.05, 3.63) is 23.8 Å². The maximum Gasteiger partial charge on any atom is 0.298 e. The lowest BCUT2D eigenvalue weighted by Crippen LogP contribution is -2.55. The van der Waals surface area contributed by atoms with Crippen LogP contribution in [0.5, 0.6) is 0 Å². The smallest absolute Gasteiger partial charge is 0.298 e. The Hall–Kier alpha value is -2.12. The summed E-state index contributed by atoms with van der Waals surface area (Å²) in [6.45, 7) is 4.30. The molecular weight excluding hydrogens is 392 g/mol. The molecule has 5 rings (SSSR count). The van der Waals surface area contributed by atoms with Gasteiger partial charge in [-0.3, -0.25) is 4.79 Å². The van der Waals surface area contributed by atoms with Crippen LogP contribution >= 0.6 is 0 Å². The molecule has 7 nitrogen and oxygen atoms in total. The number of para-hydroxylation sites is 1. The standard InChI is InChI=1S/C24H34N4O3/c1-3-6-19-15-30-12-11-28(19)24-26-22-20(9-5-10-21(22)31-24)23(29)25-16-13-17-7-4-8-18(14-16)27(17)2/h5,9-10,16-19H,3-4,6-8,11-15H2,1-2H3,(H,25,29)/t16?,17-,18+,19-/m0/s1. The van der Waals surface area contributed by atoms with Crippen LogP contribution in [-0.2, 0) is 4.74 Å². The number of oxazole rings is 1. The highest BCUT2D eigenvalue weighted by molar-refractivity contribution is 6.04. The quantitative estimate of drug-likeness (QED) is 0.788. The third-order valence-corrected chi connectivity index (χ3v) is 7.42. The SMILES string of the molecule is CCC[C@H]1COCCN1c1nc2c(C(=O)NC3C[C@H]4CCC[C@@H](C3)N4C)cccc2o1. The van der Waals surface area contributed by atoms with E-state index in [2.05, 4.69) is 29.1 Å². The fourth-order valence-corrected chi connectivity index (χ4v) is 5.72. The van der Waals surface area contributed by atoms with Gasteiger partial charge < -0.3 is 24.3 Å². The van der Waals surface area contributed by atoms with Crippen LogP contribution in [0.1, 0.15) is 62.2 Å². The number of hydrogen-bond acceptors (Lipinski definition) is 6. The summed E-state index contributed by atoms with van der Waals surface area (Å²) in [5.41, 5.74) is 1.94. The molecule has 0 radical (unpaired) electrons. The molecule has 1 unspecified atom stereocenters. The monoisotopic (exact) mass is 426 g/mol. The van der Waals surface area contributed by atoms with Gasteiger partial charge in [0.15, 0.2) is 5.58 Å². The molecule has 1 aromatic heterocycles. The van der Waals surface area contributed by atoms with Crippen LogP contribution in [-0.4, -0.2) is 66.8 Å². The van der Waals surface area contributed by atoms with Crippen LogP contribution in [0.3, 0.4) is 0 Å². The van der Waals surface area contributed by atoms with Gasteiger partial charge in [-0.2, -0.15) is 4.98 Å². The van der Waals surface area contributed by atoms with Crippen LogP contribution in [0.15, 0.2) is 22.6 Å².